The van der Waals surface area contributed by atoms with Crippen LogP contribution in [0.2, 0.25) is 0 Å². The third-order valence-corrected chi connectivity index (χ3v) is 3.78. The normalized spacial score (nSPS) is 15.3. The van der Waals surface area contributed by atoms with Crippen LogP contribution in [0.25, 0.3) is 10.8 Å². The molecule has 3 rings (SSSR count). The van der Waals surface area contributed by atoms with E-state index in [0.717, 1.165) is 16.5 Å². The molecular formula is C18H17N3O2. The molecule has 23 heavy (non-hydrogen) atoms. The Morgan fingerprint density at radius 1 is 1.17 bits per heavy atom. The molecule has 0 aliphatic carbocycles. The molecule has 2 aromatic rings. The minimum Gasteiger partial charge on any atom is -0.378 e. The van der Waals surface area contributed by atoms with E-state index in [9.17, 15) is 10.1 Å². The molecule has 5 heteroatoms. The largest absolute Gasteiger partial charge is 0.378 e. The Morgan fingerprint density at radius 3 is 2.65 bits per heavy atom. The fraction of sp³-hybridized carbons (Fsp3) is 0.222. The van der Waals surface area contributed by atoms with Crippen molar-refractivity contribution in [3.8, 4) is 6.07 Å². The molecule has 0 radical (unpaired) electrons. The van der Waals surface area contributed by atoms with Gasteiger partial charge < -0.3 is 15.0 Å². The van der Waals surface area contributed by atoms with Crippen LogP contribution in [0.4, 0.5) is 5.69 Å². The van der Waals surface area contributed by atoms with Crippen LogP contribution in [0.3, 0.4) is 0 Å². The van der Waals surface area contributed by atoms with E-state index in [4.69, 9.17) is 4.74 Å². The highest BCUT2D eigenvalue weighted by Gasteiger charge is 2.20. The number of hydrogen-bond acceptors (Lipinski definition) is 4. The van der Waals surface area contributed by atoms with Crippen molar-refractivity contribution in [1.82, 2.24) is 4.90 Å². The van der Waals surface area contributed by atoms with Crippen molar-refractivity contribution in [3.63, 3.8) is 0 Å². The maximum absolute atomic E-state index is 12.3. The van der Waals surface area contributed by atoms with Gasteiger partial charge in [0.15, 0.2) is 0 Å². The van der Waals surface area contributed by atoms with Gasteiger partial charge in [-0.15, -0.1) is 0 Å². The quantitative estimate of drug-likeness (QED) is 0.699. The van der Waals surface area contributed by atoms with Gasteiger partial charge in [0.25, 0.3) is 5.91 Å². The van der Waals surface area contributed by atoms with Gasteiger partial charge in [-0.1, -0.05) is 30.3 Å². The molecular weight excluding hydrogens is 290 g/mol. The van der Waals surface area contributed by atoms with Crippen LogP contribution in [0.15, 0.2) is 54.2 Å². The first kappa shape index (κ1) is 15.1. The summed E-state index contributed by atoms with van der Waals surface area (Å²) in [4.78, 5) is 13.9. The van der Waals surface area contributed by atoms with Gasteiger partial charge in [-0.2, -0.15) is 5.26 Å². The highest BCUT2D eigenvalue weighted by molar-refractivity contribution is 5.97. The molecule has 0 saturated carbocycles. The van der Waals surface area contributed by atoms with Crippen molar-refractivity contribution in [2.24, 2.45) is 0 Å². The first-order valence-corrected chi connectivity index (χ1v) is 7.50. The minimum atomic E-state index is -0.260. The average molecular weight is 307 g/mol. The highest BCUT2D eigenvalue weighted by atomic mass is 16.5. The summed E-state index contributed by atoms with van der Waals surface area (Å²) in [5, 5.41) is 14.5. The van der Waals surface area contributed by atoms with Crippen LogP contribution >= 0.6 is 0 Å². The molecule has 1 N–H and O–H groups in total. The van der Waals surface area contributed by atoms with Crippen molar-refractivity contribution in [2.75, 3.05) is 31.6 Å². The summed E-state index contributed by atoms with van der Waals surface area (Å²) >= 11 is 0. The fourth-order valence-electron chi connectivity index (χ4n) is 2.51. The van der Waals surface area contributed by atoms with E-state index in [1.54, 1.807) is 4.90 Å². The lowest BCUT2D eigenvalue weighted by molar-refractivity contribution is -0.130. The molecule has 5 nitrogen and oxygen atoms in total. The lowest BCUT2D eigenvalue weighted by atomic mass is 10.1. The van der Waals surface area contributed by atoms with Gasteiger partial charge in [0, 0.05) is 25.0 Å². The molecule has 0 atom stereocenters. The van der Waals surface area contributed by atoms with Crippen molar-refractivity contribution in [2.45, 2.75) is 0 Å². The third kappa shape index (κ3) is 3.50. The molecule has 2 aromatic carbocycles. The summed E-state index contributed by atoms with van der Waals surface area (Å²) < 4.78 is 5.22. The van der Waals surface area contributed by atoms with E-state index in [-0.39, 0.29) is 11.5 Å². The number of carbonyl (C=O) groups excluding carboxylic acids is 1. The molecule has 0 spiro atoms. The standard InChI is InChI=1S/C18H17N3O2/c19-12-16(18(22)21-7-9-23-10-8-21)13-20-17-6-5-14-3-1-2-4-15(14)11-17/h1-6,11,13,20H,7-10H2/b16-13-. The highest BCUT2D eigenvalue weighted by Crippen LogP contribution is 2.19. The number of hydrogen-bond donors (Lipinski definition) is 1. The zero-order valence-corrected chi connectivity index (χ0v) is 12.7. The van der Waals surface area contributed by atoms with Gasteiger partial charge in [-0.25, -0.2) is 0 Å². The maximum Gasteiger partial charge on any atom is 0.266 e. The molecule has 1 heterocycles. The van der Waals surface area contributed by atoms with E-state index in [1.165, 1.54) is 6.20 Å². The Bertz CT molecular complexity index is 786. The topological polar surface area (TPSA) is 65.4 Å². The predicted octanol–water partition coefficient (Wildman–Crippen LogP) is 2.52. The van der Waals surface area contributed by atoms with Gasteiger partial charge in [0.2, 0.25) is 0 Å². The summed E-state index contributed by atoms with van der Waals surface area (Å²) in [6, 6.07) is 15.9. The Labute approximate surface area is 134 Å². The number of carbonyl (C=O) groups is 1. The van der Waals surface area contributed by atoms with Crippen LogP contribution in [-0.4, -0.2) is 37.1 Å². The van der Waals surface area contributed by atoms with E-state index >= 15 is 0 Å². The lowest BCUT2D eigenvalue weighted by Crippen LogP contribution is -2.41. The molecule has 1 aliphatic rings. The second-order valence-electron chi connectivity index (χ2n) is 5.28. The molecule has 1 aliphatic heterocycles. The van der Waals surface area contributed by atoms with Crippen molar-refractivity contribution < 1.29 is 9.53 Å². The number of anilines is 1. The second kappa shape index (κ2) is 6.95. The Balaban J connectivity index is 1.75. The average Bonchev–Trinajstić information content (AvgIpc) is 2.62. The molecule has 116 valence electrons. The molecule has 1 amide bonds. The number of ether oxygens (including phenoxy) is 1. The van der Waals surface area contributed by atoms with Gasteiger partial charge in [0.05, 0.1) is 13.2 Å². The van der Waals surface area contributed by atoms with Gasteiger partial charge in [-0.05, 0) is 22.9 Å². The molecule has 0 bridgehead atoms. The number of amides is 1. The SMILES string of the molecule is N#C/C(=C/Nc1ccc2ccccc2c1)C(=O)N1CCOCC1. The fourth-order valence-corrected chi connectivity index (χ4v) is 2.51. The zero-order chi connectivity index (χ0) is 16.1. The van der Waals surface area contributed by atoms with E-state index in [1.807, 2.05) is 48.5 Å². The van der Waals surface area contributed by atoms with Crippen molar-refractivity contribution >= 4 is 22.4 Å². The zero-order valence-electron chi connectivity index (χ0n) is 12.7. The number of benzene rings is 2. The lowest BCUT2D eigenvalue weighted by Gasteiger charge is -2.26. The molecule has 1 saturated heterocycles. The summed E-state index contributed by atoms with van der Waals surface area (Å²) in [6.45, 7) is 2.08. The Morgan fingerprint density at radius 2 is 1.91 bits per heavy atom. The number of morpholine rings is 1. The van der Waals surface area contributed by atoms with Crippen molar-refractivity contribution in [1.29, 1.82) is 5.26 Å². The minimum absolute atomic E-state index is 0.0973. The van der Waals surface area contributed by atoms with Crippen LogP contribution in [0, 0.1) is 11.3 Å². The number of nitriles is 1. The number of rotatable bonds is 3. The first-order chi connectivity index (χ1) is 11.3. The number of fused-ring (bicyclic) bond motifs is 1. The van der Waals surface area contributed by atoms with Crippen molar-refractivity contribution in [3.05, 3.63) is 54.2 Å². The van der Waals surface area contributed by atoms with Crippen LogP contribution in [0.5, 0.6) is 0 Å². The van der Waals surface area contributed by atoms with Gasteiger partial charge >= 0.3 is 0 Å². The van der Waals surface area contributed by atoms with Crippen LogP contribution in [-0.2, 0) is 9.53 Å². The summed E-state index contributed by atoms with van der Waals surface area (Å²) in [7, 11) is 0. The van der Waals surface area contributed by atoms with Crippen LogP contribution in [0.1, 0.15) is 0 Å². The first-order valence-electron chi connectivity index (χ1n) is 7.50. The second-order valence-corrected chi connectivity index (χ2v) is 5.28. The molecule has 0 aromatic heterocycles. The predicted molar refractivity (Wildman–Crippen MR) is 88.7 cm³/mol. The Kier molecular flexibility index (Phi) is 4.55. The summed E-state index contributed by atoms with van der Waals surface area (Å²) in [5.41, 5.74) is 0.936. The molecule has 1 fully saturated rings. The van der Waals surface area contributed by atoms with Gasteiger partial charge in [-0.3, -0.25) is 4.79 Å². The maximum atomic E-state index is 12.3. The smallest absolute Gasteiger partial charge is 0.266 e. The summed E-state index contributed by atoms with van der Waals surface area (Å²) in [5.74, 6) is -0.260. The molecule has 0 unspecified atom stereocenters. The van der Waals surface area contributed by atoms with E-state index < -0.39 is 0 Å². The Hall–Kier alpha value is -2.84. The number of nitrogens with zero attached hydrogens (tertiary/aromatic N) is 2. The van der Waals surface area contributed by atoms with Gasteiger partial charge in [0.1, 0.15) is 11.6 Å². The summed E-state index contributed by atoms with van der Waals surface area (Å²) in [6.07, 6.45) is 1.47. The van der Waals surface area contributed by atoms with E-state index in [2.05, 4.69) is 5.32 Å². The number of nitrogens with one attached hydrogen (secondary N) is 1. The monoisotopic (exact) mass is 307 g/mol. The third-order valence-electron chi connectivity index (χ3n) is 3.78. The van der Waals surface area contributed by atoms with Crippen LogP contribution < -0.4 is 5.32 Å². The van der Waals surface area contributed by atoms with E-state index in [0.29, 0.717) is 26.3 Å².